The summed E-state index contributed by atoms with van der Waals surface area (Å²) >= 11 is 0. The summed E-state index contributed by atoms with van der Waals surface area (Å²) < 4.78 is 17.4. The van der Waals surface area contributed by atoms with E-state index in [1.165, 1.54) is 0 Å². The van der Waals surface area contributed by atoms with E-state index in [0.29, 0.717) is 0 Å². The van der Waals surface area contributed by atoms with Crippen LogP contribution in [0.2, 0.25) is 0 Å². The average molecular weight is 470 g/mol. The molecule has 0 aromatic heterocycles. The van der Waals surface area contributed by atoms with E-state index >= 15 is 0 Å². The molecule has 2 aromatic carbocycles. The summed E-state index contributed by atoms with van der Waals surface area (Å²) in [6.45, 7) is 12.9. The second-order valence-corrected chi connectivity index (χ2v) is 9.56. The van der Waals surface area contributed by atoms with Crippen LogP contribution in [-0.2, 0) is 14.3 Å². The minimum Gasteiger partial charge on any atom is -0.486 e. The van der Waals surface area contributed by atoms with E-state index in [1.54, 1.807) is 27.7 Å². The fraction of sp³-hybridized carbons (Fsp3) is 0.500. The first-order valence-corrected chi connectivity index (χ1v) is 12.1. The zero-order valence-corrected chi connectivity index (χ0v) is 21.5. The monoisotopic (exact) mass is 469 g/mol. The fourth-order valence-corrected chi connectivity index (χ4v) is 3.76. The van der Waals surface area contributed by atoms with Crippen LogP contribution >= 0.6 is 0 Å². The summed E-state index contributed by atoms with van der Waals surface area (Å²) in [6, 6.07) is 17.2. The zero-order valence-electron chi connectivity index (χ0n) is 21.5. The maximum Gasteiger partial charge on any atom is 0.408 e. The highest BCUT2D eigenvalue weighted by molar-refractivity contribution is 5.81. The first-order chi connectivity index (χ1) is 16.0. The molecule has 0 aliphatic rings. The number of carbonyl (C=O) groups is 2. The third-order valence-corrected chi connectivity index (χ3v) is 5.58. The van der Waals surface area contributed by atoms with Crippen molar-refractivity contribution in [1.29, 1.82) is 0 Å². The van der Waals surface area contributed by atoms with Crippen molar-refractivity contribution in [3.63, 3.8) is 0 Å². The molecule has 2 aromatic rings. The Balaban J connectivity index is 2.12. The highest BCUT2D eigenvalue weighted by Crippen LogP contribution is 2.28. The molecule has 0 heterocycles. The highest BCUT2D eigenvalue weighted by atomic mass is 16.6. The van der Waals surface area contributed by atoms with E-state index in [1.807, 2.05) is 49.4 Å². The molecular weight excluding hydrogens is 430 g/mol. The Morgan fingerprint density at radius 1 is 0.912 bits per heavy atom. The van der Waals surface area contributed by atoms with E-state index in [-0.39, 0.29) is 12.0 Å². The standard InChI is InChI=1S/C28H39NO5/c1-8-21(9-2)25(20(4)32-26(30)19(3)29-27(31)34-28(5,6)7)33-24-17-13-16-23(18-24)22-14-11-10-12-15-22/h10-21,25H,8-9H2,1-7H3,(H,29,31)/t19-,20-,25-/m0/s1. The van der Waals surface area contributed by atoms with Crippen molar-refractivity contribution < 1.29 is 23.8 Å². The Labute approximate surface area is 204 Å². The quantitative estimate of drug-likeness (QED) is 0.409. The summed E-state index contributed by atoms with van der Waals surface area (Å²) in [4.78, 5) is 24.7. The third-order valence-electron chi connectivity index (χ3n) is 5.58. The number of hydrogen-bond acceptors (Lipinski definition) is 5. The maximum atomic E-state index is 12.7. The lowest BCUT2D eigenvalue weighted by Crippen LogP contribution is -2.46. The summed E-state index contributed by atoms with van der Waals surface area (Å²) in [6.07, 6.45) is 0.259. The minimum absolute atomic E-state index is 0.192. The van der Waals surface area contributed by atoms with Crippen LogP contribution in [0.25, 0.3) is 11.1 Å². The summed E-state index contributed by atoms with van der Waals surface area (Å²) in [5.74, 6) is 0.384. The average Bonchev–Trinajstić information content (AvgIpc) is 2.78. The van der Waals surface area contributed by atoms with Gasteiger partial charge in [0.05, 0.1) is 0 Å². The van der Waals surface area contributed by atoms with Gasteiger partial charge in [0.15, 0.2) is 0 Å². The van der Waals surface area contributed by atoms with Crippen molar-refractivity contribution in [2.45, 2.75) is 85.2 Å². The lowest BCUT2D eigenvalue weighted by Gasteiger charge is -2.32. The van der Waals surface area contributed by atoms with Gasteiger partial charge in [-0.3, -0.25) is 0 Å². The topological polar surface area (TPSA) is 73.9 Å². The van der Waals surface area contributed by atoms with Crippen LogP contribution < -0.4 is 10.1 Å². The van der Waals surface area contributed by atoms with Crippen LogP contribution in [0.4, 0.5) is 4.79 Å². The molecule has 0 spiro atoms. The molecule has 6 heteroatoms. The Morgan fingerprint density at radius 3 is 2.12 bits per heavy atom. The van der Waals surface area contributed by atoms with Gasteiger partial charge in [0.2, 0.25) is 0 Å². The molecule has 1 N–H and O–H groups in total. The predicted molar refractivity (Wildman–Crippen MR) is 135 cm³/mol. The van der Waals surface area contributed by atoms with Gasteiger partial charge < -0.3 is 19.5 Å². The molecule has 0 aliphatic heterocycles. The van der Waals surface area contributed by atoms with Gasteiger partial charge in [0, 0.05) is 0 Å². The second-order valence-electron chi connectivity index (χ2n) is 9.56. The fourth-order valence-electron chi connectivity index (χ4n) is 3.76. The Bertz CT molecular complexity index is 918. The van der Waals surface area contributed by atoms with Gasteiger partial charge in [0.25, 0.3) is 0 Å². The normalized spacial score (nSPS) is 14.1. The molecule has 3 atom stereocenters. The van der Waals surface area contributed by atoms with Crippen LogP contribution in [-0.4, -0.2) is 35.9 Å². The van der Waals surface area contributed by atoms with Gasteiger partial charge in [-0.25, -0.2) is 9.59 Å². The van der Waals surface area contributed by atoms with Gasteiger partial charge in [0.1, 0.15) is 29.6 Å². The van der Waals surface area contributed by atoms with Crippen LogP contribution in [0, 0.1) is 5.92 Å². The van der Waals surface area contributed by atoms with Gasteiger partial charge >= 0.3 is 12.1 Å². The zero-order chi connectivity index (χ0) is 25.3. The molecule has 1 amide bonds. The second kappa shape index (κ2) is 12.4. The van der Waals surface area contributed by atoms with Crippen molar-refractivity contribution in [3.05, 3.63) is 54.6 Å². The molecule has 34 heavy (non-hydrogen) atoms. The molecule has 0 bridgehead atoms. The van der Waals surface area contributed by atoms with Gasteiger partial charge in [-0.2, -0.15) is 0 Å². The van der Waals surface area contributed by atoms with Crippen molar-refractivity contribution in [2.75, 3.05) is 0 Å². The first kappa shape index (κ1) is 27.2. The molecule has 2 rings (SSSR count). The van der Waals surface area contributed by atoms with Gasteiger partial charge in [-0.05, 0) is 76.6 Å². The molecule has 0 aliphatic carbocycles. The number of alkyl carbamates (subject to hydrolysis) is 1. The highest BCUT2D eigenvalue weighted by Gasteiger charge is 2.31. The van der Waals surface area contributed by atoms with E-state index < -0.39 is 29.8 Å². The Hall–Kier alpha value is -3.02. The number of amides is 1. The number of nitrogens with one attached hydrogen (secondary N) is 1. The molecular formula is C28H39NO5. The molecule has 6 nitrogen and oxygen atoms in total. The number of ether oxygens (including phenoxy) is 3. The van der Waals surface area contributed by atoms with Crippen molar-refractivity contribution in [2.24, 2.45) is 5.92 Å². The summed E-state index contributed by atoms with van der Waals surface area (Å²) in [7, 11) is 0. The predicted octanol–water partition coefficient (Wildman–Crippen LogP) is 6.38. The van der Waals surface area contributed by atoms with Gasteiger partial charge in [-0.15, -0.1) is 0 Å². The van der Waals surface area contributed by atoms with Gasteiger partial charge in [-0.1, -0.05) is 56.3 Å². The van der Waals surface area contributed by atoms with E-state index in [2.05, 4.69) is 31.3 Å². The number of carbonyl (C=O) groups excluding carboxylic acids is 2. The number of esters is 1. The largest absolute Gasteiger partial charge is 0.486 e. The maximum absolute atomic E-state index is 12.7. The molecule has 0 fully saturated rings. The smallest absolute Gasteiger partial charge is 0.408 e. The molecule has 0 unspecified atom stereocenters. The van der Waals surface area contributed by atoms with E-state index in [0.717, 1.165) is 29.7 Å². The third kappa shape index (κ3) is 8.40. The SMILES string of the molecule is CCC(CC)[C@@H](Oc1cccc(-c2ccccc2)c1)[C@H](C)OC(=O)[C@H](C)NC(=O)OC(C)(C)C. The summed E-state index contributed by atoms with van der Waals surface area (Å²) in [5.41, 5.74) is 1.51. The number of hydrogen-bond donors (Lipinski definition) is 1. The summed E-state index contributed by atoms with van der Waals surface area (Å²) in [5, 5.41) is 2.54. The molecule has 0 saturated carbocycles. The van der Waals surface area contributed by atoms with E-state index in [9.17, 15) is 9.59 Å². The Morgan fingerprint density at radius 2 is 1.53 bits per heavy atom. The lowest BCUT2D eigenvalue weighted by molar-refractivity contribution is -0.156. The van der Waals surface area contributed by atoms with Crippen LogP contribution in [0.3, 0.4) is 0 Å². The van der Waals surface area contributed by atoms with Crippen molar-refractivity contribution in [3.8, 4) is 16.9 Å². The number of rotatable bonds is 10. The first-order valence-electron chi connectivity index (χ1n) is 12.1. The molecule has 0 saturated heterocycles. The van der Waals surface area contributed by atoms with Crippen LogP contribution in [0.5, 0.6) is 5.75 Å². The van der Waals surface area contributed by atoms with Crippen molar-refractivity contribution >= 4 is 12.1 Å². The molecule has 186 valence electrons. The van der Waals surface area contributed by atoms with Crippen LogP contribution in [0.15, 0.2) is 54.6 Å². The van der Waals surface area contributed by atoms with Crippen molar-refractivity contribution in [1.82, 2.24) is 5.32 Å². The lowest BCUT2D eigenvalue weighted by atomic mass is 9.93. The van der Waals surface area contributed by atoms with Crippen LogP contribution in [0.1, 0.15) is 61.3 Å². The number of benzene rings is 2. The van der Waals surface area contributed by atoms with E-state index in [4.69, 9.17) is 14.2 Å². The molecule has 0 radical (unpaired) electrons. The Kier molecular flexibility index (Phi) is 9.97. The minimum atomic E-state index is -0.846.